The van der Waals surface area contributed by atoms with Crippen LogP contribution in [0.4, 0.5) is 18.0 Å². The zero-order valence-electron chi connectivity index (χ0n) is 18.1. The number of halogens is 3. The topological polar surface area (TPSA) is 87.7 Å². The van der Waals surface area contributed by atoms with Crippen LogP contribution >= 0.6 is 0 Å². The number of benzene rings is 2. The Balaban J connectivity index is 1.74. The molecular formula is C23H24F3N3O4. The third-order valence-electron chi connectivity index (χ3n) is 5.01. The van der Waals surface area contributed by atoms with Gasteiger partial charge in [-0.05, 0) is 56.5 Å². The van der Waals surface area contributed by atoms with Gasteiger partial charge in [-0.2, -0.15) is 13.2 Å². The number of urea groups is 1. The predicted octanol–water partition coefficient (Wildman–Crippen LogP) is 3.65. The van der Waals surface area contributed by atoms with Crippen LogP contribution in [-0.4, -0.2) is 47.2 Å². The van der Waals surface area contributed by atoms with Crippen molar-refractivity contribution >= 4 is 17.8 Å². The molecule has 1 saturated heterocycles. The molecule has 2 N–H and O–H groups in total. The molecular weight excluding hydrogens is 439 g/mol. The summed E-state index contributed by atoms with van der Waals surface area (Å²) in [6.45, 7) is 3.37. The third-order valence-corrected chi connectivity index (χ3v) is 5.01. The Labute approximate surface area is 188 Å². The van der Waals surface area contributed by atoms with Gasteiger partial charge in [-0.3, -0.25) is 19.8 Å². The van der Waals surface area contributed by atoms with Crippen molar-refractivity contribution in [1.29, 1.82) is 0 Å². The van der Waals surface area contributed by atoms with E-state index in [9.17, 15) is 27.6 Å². The highest BCUT2D eigenvalue weighted by atomic mass is 19.4. The number of hydrogen-bond donors (Lipinski definition) is 2. The van der Waals surface area contributed by atoms with E-state index >= 15 is 0 Å². The van der Waals surface area contributed by atoms with Crippen molar-refractivity contribution in [3.63, 3.8) is 0 Å². The lowest BCUT2D eigenvalue weighted by Gasteiger charge is -2.30. The van der Waals surface area contributed by atoms with E-state index in [1.807, 2.05) is 30.3 Å². The van der Waals surface area contributed by atoms with Crippen LogP contribution < -0.4 is 15.4 Å². The number of amides is 4. The van der Waals surface area contributed by atoms with E-state index in [-0.39, 0.29) is 24.6 Å². The van der Waals surface area contributed by atoms with Crippen molar-refractivity contribution in [1.82, 2.24) is 15.5 Å². The Morgan fingerprint density at radius 2 is 1.73 bits per heavy atom. The summed E-state index contributed by atoms with van der Waals surface area (Å²) in [6, 6.07) is 13.3. The fourth-order valence-electron chi connectivity index (χ4n) is 3.41. The van der Waals surface area contributed by atoms with E-state index in [0.29, 0.717) is 17.1 Å². The summed E-state index contributed by atoms with van der Waals surface area (Å²) in [5.41, 5.74) is -2.75. The van der Waals surface area contributed by atoms with Crippen molar-refractivity contribution < 1.29 is 32.3 Å². The Bertz CT molecular complexity index is 1010. The van der Waals surface area contributed by atoms with Gasteiger partial charge in [0.05, 0.1) is 6.10 Å². The number of imide groups is 1. The summed E-state index contributed by atoms with van der Waals surface area (Å²) in [4.78, 5) is 38.1. The molecule has 0 bridgehead atoms. The number of aryl methyl sites for hydroxylation is 1. The smallest absolute Gasteiger partial charge is 0.440 e. The van der Waals surface area contributed by atoms with Gasteiger partial charge >= 0.3 is 12.2 Å². The Kier molecular flexibility index (Phi) is 6.95. The third kappa shape index (κ3) is 5.27. The number of carbonyl (C=O) groups excluding carboxylic acids is 3. The molecule has 7 nitrogen and oxygen atoms in total. The Morgan fingerprint density at radius 1 is 1.09 bits per heavy atom. The van der Waals surface area contributed by atoms with Crippen LogP contribution in [0, 0.1) is 0 Å². The van der Waals surface area contributed by atoms with Crippen LogP contribution in [0.25, 0.3) is 0 Å². The van der Waals surface area contributed by atoms with E-state index in [1.54, 1.807) is 24.5 Å². The van der Waals surface area contributed by atoms with Crippen LogP contribution in [0.3, 0.4) is 0 Å². The van der Waals surface area contributed by atoms with Gasteiger partial charge < -0.3 is 10.1 Å². The minimum Gasteiger partial charge on any atom is -0.491 e. The number of hydrogen-bond acceptors (Lipinski definition) is 4. The number of carbonyl (C=O) groups is 3. The number of nitrogens with zero attached hydrogens (tertiary/aromatic N) is 1. The van der Waals surface area contributed by atoms with Crippen molar-refractivity contribution in [2.45, 2.75) is 44.6 Å². The highest BCUT2D eigenvalue weighted by Gasteiger charge is 2.68. The maximum Gasteiger partial charge on any atom is 0.440 e. The van der Waals surface area contributed by atoms with Gasteiger partial charge in [-0.15, -0.1) is 0 Å². The number of alkyl halides is 3. The molecule has 10 heteroatoms. The summed E-state index contributed by atoms with van der Waals surface area (Å²) in [5.74, 6) is -2.30. The van der Waals surface area contributed by atoms with Gasteiger partial charge in [0.2, 0.25) is 0 Å². The van der Waals surface area contributed by atoms with Gasteiger partial charge in [0, 0.05) is 12.1 Å². The first-order valence-electron chi connectivity index (χ1n) is 10.4. The summed E-state index contributed by atoms with van der Waals surface area (Å²) in [5, 5.41) is 3.35. The molecule has 0 aromatic heterocycles. The Morgan fingerprint density at radius 3 is 2.30 bits per heavy atom. The number of rotatable bonds is 8. The molecule has 2 aromatic carbocycles. The maximum absolute atomic E-state index is 14.0. The molecule has 1 atom stereocenters. The monoisotopic (exact) mass is 463 g/mol. The molecule has 33 heavy (non-hydrogen) atoms. The Hall–Kier alpha value is -3.56. The van der Waals surface area contributed by atoms with Crippen LogP contribution in [0.2, 0.25) is 0 Å². The first kappa shape index (κ1) is 24.1. The molecule has 4 amide bonds. The molecule has 0 saturated carbocycles. The first-order chi connectivity index (χ1) is 15.5. The molecule has 0 spiro atoms. The molecule has 0 unspecified atom stereocenters. The van der Waals surface area contributed by atoms with Crippen molar-refractivity contribution in [3.8, 4) is 5.75 Å². The van der Waals surface area contributed by atoms with Crippen LogP contribution in [-0.2, 0) is 11.2 Å². The molecule has 0 aliphatic carbocycles. The second kappa shape index (κ2) is 9.51. The molecule has 3 rings (SSSR count). The second-order valence-electron chi connectivity index (χ2n) is 7.87. The van der Waals surface area contributed by atoms with Gasteiger partial charge in [0.25, 0.3) is 17.5 Å². The quantitative estimate of drug-likeness (QED) is 0.585. The molecule has 1 aliphatic rings. The zero-order valence-corrected chi connectivity index (χ0v) is 18.1. The summed E-state index contributed by atoms with van der Waals surface area (Å²) in [6.07, 6.45) is -4.65. The van der Waals surface area contributed by atoms with Crippen LogP contribution in [0.15, 0.2) is 54.6 Å². The van der Waals surface area contributed by atoms with E-state index in [1.165, 1.54) is 24.3 Å². The number of ether oxygens (including phenoxy) is 1. The lowest BCUT2D eigenvalue weighted by atomic mass is 10.1. The SMILES string of the molecule is CC(C)Oc1ccc(C(=O)N[C@]2(C(F)(F)F)NC(=O)N(CCCc3ccccc3)C2=O)cc1. The maximum atomic E-state index is 14.0. The largest absolute Gasteiger partial charge is 0.491 e. The summed E-state index contributed by atoms with van der Waals surface area (Å²) in [7, 11) is 0. The summed E-state index contributed by atoms with van der Waals surface area (Å²) < 4.78 is 47.4. The average Bonchev–Trinajstić information content (AvgIpc) is 2.99. The van der Waals surface area contributed by atoms with Crippen LogP contribution in [0.5, 0.6) is 5.75 Å². The van der Waals surface area contributed by atoms with Gasteiger partial charge in [0.15, 0.2) is 0 Å². The lowest BCUT2D eigenvalue weighted by Crippen LogP contribution is -2.69. The molecule has 2 aromatic rings. The second-order valence-corrected chi connectivity index (χ2v) is 7.87. The van der Waals surface area contributed by atoms with Crippen molar-refractivity contribution in [2.24, 2.45) is 0 Å². The standard InChI is InChI=1S/C23H24F3N3O4/c1-15(2)33-18-12-10-17(11-13-18)19(30)27-22(23(24,25)26)20(31)29(21(32)28-22)14-6-9-16-7-4-3-5-8-16/h3-5,7-8,10-13,15H,6,9,14H2,1-2H3,(H,27,30)(H,28,32)/t22-/m0/s1. The highest BCUT2D eigenvalue weighted by molar-refractivity contribution is 6.10. The lowest BCUT2D eigenvalue weighted by molar-refractivity contribution is -0.200. The molecule has 1 heterocycles. The van der Waals surface area contributed by atoms with Gasteiger partial charge in [-0.1, -0.05) is 30.3 Å². The summed E-state index contributed by atoms with van der Waals surface area (Å²) >= 11 is 0. The van der Waals surface area contributed by atoms with E-state index in [0.717, 1.165) is 5.56 Å². The first-order valence-corrected chi connectivity index (χ1v) is 10.4. The minimum atomic E-state index is -5.26. The van der Waals surface area contributed by atoms with Gasteiger partial charge in [0.1, 0.15) is 5.75 Å². The molecule has 1 aliphatic heterocycles. The molecule has 0 radical (unpaired) electrons. The predicted molar refractivity (Wildman–Crippen MR) is 113 cm³/mol. The fraction of sp³-hybridized carbons (Fsp3) is 0.348. The average molecular weight is 463 g/mol. The van der Waals surface area contributed by atoms with Crippen molar-refractivity contribution in [2.75, 3.05) is 6.54 Å². The zero-order chi connectivity index (χ0) is 24.2. The highest BCUT2D eigenvalue weighted by Crippen LogP contribution is 2.34. The number of nitrogens with one attached hydrogen (secondary N) is 2. The van der Waals surface area contributed by atoms with Crippen LogP contribution in [0.1, 0.15) is 36.2 Å². The van der Waals surface area contributed by atoms with E-state index in [2.05, 4.69) is 0 Å². The molecule has 1 fully saturated rings. The minimum absolute atomic E-state index is 0.126. The van der Waals surface area contributed by atoms with E-state index < -0.39 is 29.7 Å². The molecule has 176 valence electrons. The normalized spacial score (nSPS) is 18.4. The van der Waals surface area contributed by atoms with Crippen molar-refractivity contribution in [3.05, 3.63) is 65.7 Å². The van der Waals surface area contributed by atoms with Gasteiger partial charge in [-0.25, -0.2) is 4.79 Å². The van der Waals surface area contributed by atoms with E-state index in [4.69, 9.17) is 4.74 Å². The fourth-order valence-corrected chi connectivity index (χ4v) is 3.41.